The van der Waals surface area contributed by atoms with Gasteiger partial charge in [-0.25, -0.2) is 0 Å². The lowest BCUT2D eigenvalue weighted by atomic mass is 9.92. The van der Waals surface area contributed by atoms with Gasteiger partial charge in [-0.05, 0) is 54.3 Å². The second-order valence-corrected chi connectivity index (χ2v) is 10.6. The first-order valence-corrected chi connectivity index (χ1v) is 13.8. The quantitative estimate of drug-likeness (QED) is 0.301. The van der Waals surface area contributed by atoms with Crippen LogP contribution < -0.4 is 0 Å². The van der Waals surface area contributed by atoms with Crippen LogP contribution in [0.3, 0.4) is 0 Å². The van der Waals surface area contributed by atoms with Gasteiger partial charge in [0.1, 0.15) is 5.75 Å². The average molecular weight is 541 g/mol. The lowest BCUT2D eigenvalue weighted by Gasteiger charge is -2.47. The number of phenols is 1. The molecule has 9 nitrogen and oxygen atoms in total. The van der Waals surface area contributed by atoms with Crippen molar-refractivity contribution in [1.29, 1.82) is 0 Å². The molecule has 3 atom stereocenters. The van der Waals surface area contributed by atoms with Gasteiger partial charge in [0.15, 0.2) is 0 Å². The Morgan fingerprint density at radius 3 is 2.45 bits per heavy atom. The largest absolute Gasteiger partial charge is 0.508 e. The molecule has 4 aromatic rings. The number of rotatable bonds is 10. The minimum Gasteiger partial charge on any atom is -0.508 e. The van der Waals surface area contributed by atoms with Crippen LogP contribution in [0.15, 0.2) is 78.9 Å². The number of carboxylic acids is 1. The average Bonchev–Trinajstić information content (AvgIpc) is 3.41. The molecule has 0 amide bonds. The minimum atomic E-state index is -0.835. The molecular weight excluding hydrogens is 504 g/mol. The molecule has 2 heterocycles. The molecule has 1 fully saturated rings. The predicted octanol–water partition coefficient (Wildman–Crippen LogP) is 4.59. The molecule has 5 rings (SSSR count). The molecule has 1 saturated heterocycles. The van der Waals surface area contributed by atoms with E-state index in [-0.39, 0.29) is 18.2 Å². The molecule has 1 aliphatic rings. The maximum atomic E-state index is 10.8. The molecule has 40 heavy (non-hydrogen) atoms. The third kappa shape index (κ3) is 6.55. The second-order valence-electron chi connectivity index (χ2n) is 10.6. The number of hydrogen-bond acceptors (Lipinski definition) is 7. The van der Waals surface area contributed by atoms with E-state index in [9.17, 15) is 9.90 Å². The van der Waals surface area contributed by atoms with Crippen LogP contribution in [-0.4, -0.2) is 71.4 Å². The molecule has 1 aromatic heterocycles. The number of aromatic nitrogens is 4. The summed E-state index contributed by atoms with van der Waals surface area (Å²) >= 11 is 0. The third-order valence-corrected chi connectivity index (χ3v) is 7.60. The van der Waals surface area contributed by atoms with Gasteiger partial charge in [-0.2, -0.15) is 4.80 Å². The number of benzene rings is 3. The Labute approximate surface area is 234 Å². The Balaban J connectivity index is 1.37. The number of piperazine rings is 1. The van der Waals surface area contributed by atoms with Gasteiger partial charge in [-0.3, -0.25) is 14.6 Å². The first-order valence-electron chi connectivity index (χ1n) is 13.8. The molecule has 0 bridgehead atoms. The van der Waals surface area contributed by atoms with Gasteiger partial charge in [0.25, 0.3) is 0 Å². The molecule has 208 valence electrons. The van der Waals surface area contributed by atoms with E-state index in [0.29, 0.717) is 30.9 Å². The van der Waals surface area contributed by atoms with Gasteiger partial charge in [0, 0.05) is 43.7 Å². The van der Waals surface area contributed by atoms with Crippen molar-refractivity contribution in [3.05, 3.63) is 95.6 Å². The second kappa shape index (κ2) is 12.4. The fraction of sp³-hybridized carbons (Fsp3) is 0.355. The van der Waals surface area contributed by atoms with Crippen molar-refractivity contribution < 1.29 is 15.0 Å². The molecule has 0 radical (unpaired) electrons. The summed E-state index contributed by atoms with van der Waals surface area (Å²) in [5.74, 6) is -0.0721. The highest BCUT2D eigenvalue weighted by Gasteiger charge is 2.35. The van der Waals surface area contributed by atoms with Crippen LogP contribution in [0.25, 0.3) is 11.4 Å². The minimum absolute atomic E-state index is 0.0304. The summed E-state index contributed by atoms with van der Waals surface area (Å²) in [6.45, 7) is 7.73. The van der Waals surface area contributed by atoms with E-state index in [1.165, 1.54) is 10.4 Å². The summed E-state index contributed by atoms with van der Waals surface area (Å²) in [5, 5.41) is 31.9. The zero-order valence-electron chi connectivity index (χ0n) is 23.0. The summed E-state index contributed by atoms with van der Waals surface area (Å²) < 4.78 is 0. The van der Waals surface area contributed by atoms with E-state index in [1.807, 2.05) is 24.3 Å². The number of hydrogen-bond donors (Lipinski definition) is 2. The van der Waals surface area contributed by atoms with E-state index in [1.54, 1.807) is 6.07 Å². The van der Waals surface area contributed by atoms with E-state index < -0.39 is 5.97 Å². The van der Waals surface area contributed by atoms with Crippen molar-refractivity contribution in [1.82, 2.24) is 30.0 Å². The Morgan fingerprint density at radius 2 is 1.73 bits per heavy atom. The number of carboxylic acid groups (broad SMARTS) is 1. The van der Waals surface area contributed by atoms with Crippen LogP contribution in [0, 0.1) is 0 Å². The lowest BCUT2D eigenvalue weighted by Crippen LogP contribution is -2.56. The highest BCUT2D eigenvalue weighted by Crippen LogP contribution is 2.35. The summed E-state index contributed by atoms with van der Waals surface area (Å²) in [5.41, 5.74) is 4.34. The molecule has 1 aliphatic heterocycles. The normalized spacial score (nSPS) is 18.9. The Kier molecular flexibility index (Phi) is 8.52. The SMILES string of the molecule is C[C@@H]1CN([C@H](c2ccc(-c3nnn(CCCC(=O)O)n3)cc2)c2cccc(O)c2)[C@@H](C)CN1Cc1ccccc1. The van der Waals surface area contributed by atoms with Gasteiger partial charge < -0.3 is 10.2 Å². The van der Waals surface area contributed by atoms with Crippen LogP contribution in [0.4, 0.5) is 0 Å². The van der Waals surface area contributed by atoms with E-state index in [0.717, 1.165) is 36.3 Å². The van der Waals surface area contributed by atoms with Crippen LogP contribution in [0.2, 0.25) is 0 Å². The number of aliphatic carboxylic acids is 1. The molecule has 3 aromatic carbocycles. The van der Waals surface area contributed by atoms with E-state index in [4.69, 9.17) is 5.11 Å². The number of carbonyl (C=O) groups is 1. The van der Waals surface area contributed by atoms with Gasteiger partial charge in [-0.15, -0.1) is 10.2 Å². The first kappa shape index (κ1) is 27.5. The highest BCUT2D eigenvalue weighted by atomic mass is 16.4. The maximum absolute atomic E-state index is 10.8. The Morgan fingerprint density at radius 1 is 0.950 bits per heavy atom. The fourth-order valence-electron chi connectivity index (χ4n) is 5.53. The zero-order chi connectivity index (χ0) is 28.1. The van der Waals surface area contributed by atoms with Gasteiger partial charge in [0.2, 0.25) is 5.82 Å². The van der Waals surface area contributed by atoms with Gasteiger partial charge in [0.05, 0.1) is 12.6 Å². The summed E-state index contributed by atoms with van der Waals surface area (Å²) in [6, 6.07) is 27.0. The predicted molar refractivity (Wildman–Crippen MR) is 153 cm³/mol. The van der Waals surface area contributed by atoms with Crippen molar-refractivity contribution >= 4 is 5.97 Å². The number of aryl methyl sites for hydroxylation is 1. The zero-order valence-corrected chi connectivity index (χ0v) is 23.0. The van der Waals surface area contributed by atoms with Crippen LogP contribution in [-0.2, 0) is 17.9 Å². The van der Waals surface area contributed by atoms with Crippen molar-refractivity contribution in [3.8, 4) is 17.1 Å². The molecule has 2 N–H and O–H groups in total. The summed E-state index contributed by atoms with van der Waals surface area (Å²) in [4.78, 5) is 17.3. The number of nitrogens with zero attached hydrogens (tertiary/aromatic N) is 6. The topological polar surface area (TPSA) is 108 Å². The van der Waals surface area contributed by atoms with E-state index >= 15 is 0 Å². The number of aromatic hydroxyl groups is 1. The van der Waals surface area contributed by atoms with Crippen molar-refractivity contribution in [2.24, 2.45) is 0 Å². The van der Waals surface area contributed by atoms with Crippen molar-refractivity contribution in [2.45, 2.75) is 57.9 Å². The Bertz CT molecular complexity index is 1410. The van der Waals surface area contributed by atoms with Crippen LogP contribution in [0.1, 0.15) is 49.4 Å². The molecule has 0 spiro atoms. The standard InChI is InChI=1S/C31H36N6O3/c1-22-20-36(23(2)19-35(22)21-24-8-4-3-5-9-24)30(27-10-6-11-28(38)18-27)25-13-15-26(16-14-25)31-32-34-37(33-31)17-7-12-29(39)40/h3-6,8-11,13-16,18,22-23,30,38H,7,12,17,19-21H2,1-2H3,(H,39,40)/t22-,23+,30-/m1/s1. The Hall–Kier alpha value is -4.08. The van der Waals surface area contributed by atoms with Gasteiger partial charge in [-0.1, -0.05) is 66.7 Å². The van der Waals surface area contributed by atoms with Crippen molar-refractivity contribution in [2.75, 3.05) is 13.1 Å². The van der Waals surface area contributed by atoms with Crippen LogP contribution in [0.5, 0.6) is 5.75 Å². The molecule has 9 heteroatoms. The molecule has 0 unspecified atom stereocenters. The summed E-state index contributed by atoms with van der Waals surface area (Å²) in [7, 11) is 0. The molecular formula is C31H36N6O3. The fourth-order valence-corrected chi connectivity index (χ4v) is 5.53. The van der Waals surface area contributed by atoms with Gasteiger partial charge >= 0.3 is 5.97 Å². The summed E-state index contributed by atoms with van der Waals surface area (Å²) in [6.07, 6.45) is 0.518. The molecule has 0 aliphatic carbocycles. The highest BCUT2D eigenvalue weighted by molar-refractivity contribution is 5.66. The number of tetrazole rings is 1. The molecule has 0 saturated carbocycles. The third-order valence-electron chi connectivity index (χ3n) is 7.60. The monoisotopic (exact) mass is 540 g/mol. The van der Waals surface area contributed by atoms with E-state index in [2.05, 4.69) is 87.6 Å². The maximum Gasteiger partial charge on any atom is 0.303 e. The van der Waals surface area contributed by atoms with Crippen LogP contribution >= 0.6 is 0 Å². The first-order chi connectivity index (χ1) is 19.4. The smallest absolute Gasteiger partial charge is 0.303 e. The van der Waals surface area contributed by atoms with Crippen molar-refractivity contribution in [3.63, 3.8) is 0 Å². The number of phenolic OH excluding ortho intramolecular Hbond substituents is 1. The lowest BCUT2D eigenvalue weighted by molar-refractivity contribution is -0.137.